The van der Waals surface area contributed by atoms with Crippen LogP contribution in [-0.4, -0.2) is 65.5 Å². The Hall–Kier alpha value is -1.93. The zero-order valence-electron chi connectivity index (χ0n) is 16.1. The van der Waals surface area contributed by atoms with Crippen molar-refractivity contribution in [2.24, 2.45) is 13.0 Å². The number of fused-ring (bicyclic) bond motifs is 1. The van der Waals surface area contributed by atoms with Crippen LogP contribution in [0.3, 0.4) is 0 Å². The van der Waals surface area contributed by atoms with Crippen LogP contribution in [0.15, 0.2) is 12.4 Å². The van der Waals surface area contributed by atoms with Crippen molar-refractivity contribution in [2.75, 3.05) is 44.8 Å². The van der Waals surface area contributed by atoms with Gasteiger partial charge in [-0.15, -0.1) is 11.3 Å². The molecule has 1 atom stereocenters. The first-order chi connectivity index (χ1) is 13.1. The predicted octanol–water partition coefficient (Wildman–Crippen LogP) is 1.52. The van der Waals surface area contributed by atoms with Crippen molar-refractivity contribution in [1.82, 2.24) is 19.7 Å². The Morgan fingerprint density at radius 1 is 1.41 bits per heavy atom. The Balaban J connectivity index is 1.35. The number of aromatic nitrogens is 3. The van der Waals surface area contributed by atoms with Gasteiger partial charge in [0.05, 0.1) is 25.1 Å². The van der Waals surface area contributed by atoms with Crippen LogP contribution in [-0.2, 0) is 35.8 Å². The molecule has 1 amide bonds. The van der Waals surface area contributed by atoms with E-state index in [4.69, 9.17) is 9.72 Å². The molecule has 1 fully saturated rings. The lowest BCUT2D eigenvalue weighted by atomic mass is 9.90. The molecule has 1 aliphatic carbocycles. The van der Waals surface area contributed by atoms with E-state index in [0.29, 0.717) is 0 Å². The molecular weight excluding hydrogens is 362 g/mol. The summed E-state index contributed by atoms with van der Waals surface area (Å²) in [5, 5.41) is 5.29. The summed E-state index contributed by atoms with van der Waals surface area (Å²) in [5.41, 5.74) is 2.30. The number of rotatable bonds is 5. The second kappa shape index (κ2) is 7.98. The molecule has 146 valence electrons. The van der Waals surface area contributed by atoms with Crippen molar-refractivity contribution in [3.8, 4) is 0 Å². The van der Waals surface area contributed by atoms with Gasteiger partial charge in [0, 0.05) is 57.1 Å². The van der Waals surface area contributed by atoms with Gasteiger partial charge in [0.1, 0.15) is 0 Å². The van der Waals surface area contributed by atoms with Crippen LogP contribution in [0.4, 0.5) is 5.13 Å². The summed E-state index contributed by atoms with van der Waals surface area (Å²) in [7, 11) is 3.82. The molecule has 0 bridgehead atoms. The van der Waals surface area contributed by atoms with E-state index in [1.807, 2.05) is 31.4 Å². The summed E-state index contributed by atoms with van der Waals surface area (Å²) in [6.07, 6.45) is 7.37. The topological polar surface area (TPSA) is 63.5 Å². The first-order valence-corrected chi connectivity index (χ1v) is 10.5. The smallest absolute Gasteiger partial charge is 0.225 e. The molecule has 7 nitrogen and oxygen atoms in total. The molecule has 4 rings (SSSR count). The highest BCUT2D eigenvalue weighted by Crippen LogP contribution is 2.34. The van der Waals surface area contributed by atoms with E-state index in [-0.39, 0.29) is 11.8 Å². The van der Waals surface area contributed by atoms with Gasteiger partial charge in [-0.05, 0) is 24.8 Å². The maximum absolute atomic E-state index is 12.9. The van der Waals surface area contributed by atoms with Crippen LogP contribution >= 0.6 is 11.3 Å². The fourth-order valence-electron chi connectivity index (χ4n) is 3.79. The number of hydrogen-bond acceptors (Lipinski definition) is 6. The molecule has 1 saturated heterocycles. The third kappa shape index (κ3) is 4.16. The van der Waals surface area contributed by atoms with Crippen LogP contribution in [0, 0.1) is 5.92 Å². The number of thiazole rings is 1. The first kappa shape index (κ1) is 18.4. The van der Waals surface area contributed by atoms with Crippen LogP contribution < -0.4 is 4.90 Å². The van der Waals surface area contributed by atoms with E-state index in [1.165, 1.54) is 4.88 Å². The summed E-state index contributed by atoms with van der Waals surface area (Å²) >= 11 is 1.80. The Morgan fingerprint density at radius 3 is 2.96 bits per heavy atom. The normalized spacial score (nSPS) is 19.8. The summed E-state index contributed by atoms with van der Waals surface area (Å²) in [6.45, 7) is 4.09. The molecule has 0 N–H and O–H groups in total. The first-order valence-electron chi connectivity index (χ1n) is 9.64. The molecule has 2 aromatic rings. The summed E-state index contributed by atoms with van der Waals surface area (Å²) in [4.78, 5) is 23.3. The van der Waals surface area contributed by atoms with Crippen molar-refractivity contribution >= 4 is 22.4 Å². The van der Waals surface area contributed by atoms with Gasteiger partial charge in [-0.3, -0.25) is 9.48 Å². The van der Waals surface area contributed by atoms with Gasteiger partial charge >= 0.3 is 0 Å². The zero-order chi connectivity index (χ0) is 18.8. The molecule has 27 heavy (non-hydrogen) atoms. The maximum atomic E-state index is 12.9. The fraction of sp³-hybridized carbons (Fsp3) is 0.632. The van der Waals surface area contributed by atoms with E-state index in [0.717, 1.165) is 74.9 Å². The molecule has 8 heteroatoms. The SMILES string of the molecule is CN(CCc1cnn(C)c1)C(=O)C1CCc2sc(N3CCOCC3)nc2C1. The lowest BCUT2D eigenvalue weighted by Crippen LogP contribution is -2.37. The number of nitrogens with zero attached hydrogens (tertiary/aromatic N) is 5. The fourth-order valence-corrected chi connectivity index (χ4v) is 4.94. The van der Waals surface area contributed by atoms with Gasteiger partial charge in [-0.2, -0.15) is 5.10 Å². The van der Waals surface area contributed by atoms with E-state index in [9.17, 15) is 4.79 Å². The van der Waals surface area contributed by atoms with Gasteiger partial charge in [0.2, 0.25) is 5.91 Å². The molecule has 0 saturated carbocycles. The maximum Gasteiger partial charge on any atom is 0.225 e. The number of hydrogen-bond donors (Lipinski definition) is 0. The second-order valence-corrected chi connectivity index (χ2v) is 8.50. The number of aryl methyl sites for hydroxylation is 2. The monoisotopic (exact) mass is 389 g/mol. The Labute approximate surface area is 163 Å². The van der Waals surface area contributed by atoms with Crippen LogP contribution in [0.25, 0.3) is 0 Å². The minimum absolute atomic E-state index is 0.0519. The number of likely N-dealkylation sites (N-methyl/N-ethyl adjacent to an activating group) is 1. The highest BCUT2D eigenvalue weighted by Gasteiger charge is 2.30. The summed E-state index contributed by atoms with van der Waals surface area (Å²) in [6, 6.07) is 0. The molecule has 1 unspecified atom stereocenters. The molecular formula is C19H27N5O2S. The van der Waals surface area contributed by atoms with Crippen molar-refractivity contribution in [1.29, 1.82) is 0 Å². The summed E-state index contributed by atoms with van der Waals surface area (Å²) in [5.74, 6) is 0.293. The van der Waals surface area contributed by atoms with Gasteiger partial charge in [0.15, 0.2) is 5.13 Å². The Kier molecular flexibility index (Phi) is 5.45. The van der Waals surface area contributed by atoms with Gasteiger partial charge in [0.25, 0.3) is 0 Å². The molecule has 2 aromatic heterocycles. The third-order valence-electron chi connectivity index (χ3n) is 5.43. The van der Waals surface area contributed by atoms with E-state index in [2.05, 4.69) is 10.00 Å². The van der Waals surface area contributed by atoms with Crippen molar-refractivity contribution in [2.45, 2.75) is 25.7 Å². The van der Waals surface area contributed by atoms with Crippen molar-refractivity contribution in [3.63, 3.8) is 0 Å². The molecule has 0 aromatic carbocycles. The zero-order valence-corrected chi connectivity index (χ0v) is 16.9. The highest BCUT2D eigenvalue weighted by molar-refractivity contribution is 7.15. The number of anilines is 1. The number of carbonyl (C=O) groups excluding carboxylic acids is 1. The number of amides is 1. The largest absolute Gasteiger partial charge is 0.378 e. The quantitative estimate of drug-likeness (QED) is 0.776. The van der Waals surface area contributed by atoms with Crippen molar-refractivity contribution in [3.05, 3.63) is 28.5 Å². The summed E-state index contributed by atoms with van der Waals surface area (Å²) < 4.78 is 7.23. The molecule has 1 aliphatic heterocycles. The number of ether oxygens (including phenoxy) is 1. The van der Waals surface area contributed by atoms with E-state index < -0.39 is 0 Å². The molecule has 0 radical (unpaired) electrons. The molecule has 3 heterocycles. The highest BCUT2D eigenvalue weighted by atomic mass is 32.1. The second-order valence-electron chi connectivity index (χ2n) is 7.44. The van der Waals surface area contributed by atoms with Gasteiger partial charge in [-0.25, -0.2) is 4.98 Å². The van der Waals surface area contributed by atoms with Crippen molar-refractivity contribution < 1.29 is 9.53 Å². The van der Waals surface area contributed by atoms with Crippen LogP contribution in [0.5, 0.6) is 0 Å². The van der Waals surface area contributed by atoms with E-state index in [1.54, 1.807) is 16.0 Å². The van der Waals surface area contributed by atoms with E-state index >= 15 is 0 Å². The predicted molar refractivity (Wildman–Crippen MR) is 105 cm³/mol. The molecule has 2 aliphatic rings. The van der Waals surface area contributed by atoms with Crippen LogP contribution in [0.2, 0.25) is 0 Å². The number of morpholine rings is 1. The standard InChI is InChI=1S/C19H27N5O2S/c1-22(6-5-14-12-20-23(2)13-14)18(25)15-3-4-17-16(11-15)21-19(27-17)24-7-9-26-10-8-24/h12-13,15H,3-11H2,1-2H3. The third-order valence-corrected chi connectivity index (χ3v) is 6.65. The van der Waals surface area contributed by atoms with Crippen LogP contribution in [0.1, 0.15) is 22.6 Å². The van der Waals surface area contributed by atoms with Gasteiger partial charge < -0.3 is 14.5 Å². The lowest BCUT2D eigenvalue weighted by Gasteiger charge is -2.26. The Morgan fingerprint density at radius 2 is 2.22 bits per heavy atom. The average Bonchev–Trinajstić information content (AvgIpc) is 3.31. The molecule has 0 spiro atoms. The number of carbonyl (C=O) groups is 1. The minimum Gasteiger partial charge on any atom is -0.378 e. The Bertz CT molecular complexity index is 796. The van der Waals surface area contributed by atoms with Gasteiger partial charge in [-0.1, -0.05) is 0 Å². The minimum atomic E-state index is 0.0519. The average molecular weight is 390 g/mol. The lowest BCUT2D eigenvalue weighted by molar-refractivity contribution is -0.134.